The normalized spacial score (nSPS) is 20.0. The summed E-state index contributed by atoms with van der Waals surface area (Å²) < 4.78 is 40.8. The fourth-order valence-electron chi connectivity index (χ4n) is 4.26. The molecule has 1 aromatic carbocycles. The number of nitrogens with one attached hydrogen (secondary N) is 1. The van der Waals surface area contributed by atoms with Crippen molar-refractivity contribution in [3.63, 3.8) is 0 Å². The highest BCUT2D eigenvalue weighted by Crippen LogP contribution is 2.35. The van der Waals surface area contributed by atoms with E-state index < -0.39 is 12.5 Å². The van der Waals surface area contributed by atoms with Gasteiger partial charge in [-0.05, 0) is 25.0 Å². The van der Waals surface area contributed by atoms with Gasteiger partial charge < -0.3 is 19.5 Å². The standard InChI is InChI=1S/C20H28F2N2O4/c1-26-16-7-5-6-15(17(16)28-19(21)22)18(25)23-14-20(8-3-2-4-9-20)24-10-12-27-13-11-24/h5-7,19H,2-4,8-14H2,1H3,(H,23,25). The summed E-state index contributed by atoms with van der Waals surface area (Å²) >= 11 is 0. The molecule has 0 aromatic heterocycles. The van der Waals surface area contributed by atoms with Gasteiger partial charge in [0.25, 0.3) is 5.91 Å². The number of ether oxygens (including phenoxy) is 3. The smallest absolute Gasteiger partial charge is 0.387 e. The molecule has 1 saturated carbocycles. The van der Waals surface area contributed by atoms with Crippen LogP contribution in [0.4, 0.5) is 8.78 Å². The Bertz CT molecular complexity index is 660. The number of alkyl halides is 2. The summed E-state index contributed by atoms with van der Waals surface area (Å²) in [5, 5.41) is 2.97. The topological polar surface area (TPSA) is 60.0 Å². The lowest BCUT2D eigenvalue weighted by Crippen LogP contribution is -2.59. The van der Waals surface area contributed by atoms with Gasteiger partial charge in [-0.1, -0.05) is 25.3 Å². The summed E-state index contributed by atoms with van der Waals surface area (Å²) in [7, 11) is 1.35. The highest BCUT2D eigenvalue weighted by molar-refractivity contribution is 5.97. The van der Waals surface area contributed by atoms with Crippen molar-refractivity contribution in [2.24, 2.45) is 0 Å². The zero-order valence-corrected chi connectivity index (χ0v) is 16.2. The van der Waals surface area contributed by atoms with Crippen molar-refractivity contribution in [1.82, 2.24) is 10.2 Å². The summed E-state index contributed by atoms with van der Waals surface area (Å²) in [6, 6.07) is 4.55. The highest BCUT2D eigenvalue weighted by atomic mass is 19.3. The lowest BCUT2D eigenvalue weighted by Gasteiger charge is -2.48. The molecule has 0 unspecified atom stereocenters. The largest absolute Gasteiger partial charge is 0.493 e. The molecule has 0 spiro atoms. The minimum atomic E-state index is -3.04. The predicted molar refractivity (Wildman–Crippen MR) is 100 cm³/mol. The third-order valence-electron chi connectivity index (χ3n) is 5.69. The van der Waals surface area contributed by atoms with Gasteiger partial charge in [-0.15, -0.1) is 0 Å². The van der Waals surface area contributed by atoms with Crippen LogP contribution in [0.15, 0.2) is 18.2 Å². The number of hydrogen-bond donors (Lipinski definition) is 1. The number of carbonyl (C=O) groups is 1. The van der Waals surface area contributed by atoms with E-state index in [0.717, 1.165) is 38.8 Å². The summed E-state index contributed by atoms with van der Waals surface area (Å²) in [5.41, 5.74) is -0.0621. The molecule has 3 rings (SSSR count). The Hall–Kier alpha value is -1.93. The first-order chi connectivity index (χ1) is 13.6. The average molecular weight is 398 g/mol. The van der Waals surface area contributed by atoms with Crippen molar-refractivity contribution in [1.29, 1.82) is 0 Å². The number of benzene rings is 1. The van der Waals surface area contributed by atoms with E-state index in [1.54, 1.807) is 6.07 Å². The van der Waals surface area contributed by atoms with Gasteiger partial charge in [-0.25, -0.2) is 0 Å². The maximum atomic E-state index is 12.8. The second-order valence-electron chi connectivity index (χ2n) is 7.28. The number of nitrogens with zero attached hydrogens (tertiary/aromatic N) is 1. The minimum Gasteiger partial charge on any atom is -0.493 e. The van der Waals surface area contributed by atoms with Gasteiger partial charge in [0.15, 0.2) is 11.5 Å². The monoisotopic (exact) mass is 398 g/mol. The molecule has 1 N–H and O–H groups in total. The van der Waals surface area contributed by atoms with E-state index in [9.17, 15) is 13.6 Å². The van der Waals surface area contributed by atoms with E-state index in [2.05, 4.69) is 15.0 Å². The molecule has 28 heavy (non-hydrogen) atoms. The lowest BCUT2D eigenvalue weighted by molar-refractivity contribution is -0.0516. The van der Waals surface area contributed by atoms with Crippen molar-refractivity contribution < 1.29 is 27.8 Å². The molecule has 156 valence electrons. The Morgan fingerprint density at radius 3 is 2.61 bits per heavy atom. The second kappa shape index (κ2) is 9.52. The Morgan fingerprint density at radius 1 is 1.25 bits per heavy atom. The van der Waals surface area contributed by atoms with Crippen LogP contribution < -0.4 is 14.8 Å². The quantitative estimate of drug-likeness (QED) is 0.765. The Morgan fingerprint density at radius 2 is 1.96 bits per heavy atom. The molecule has 1 amide bonds. The van der Waals surface area contributed by atoms with E-state index in [1.165, 1.54) is 25.7 Å². The van der Waals surface area contributed by atoms with Crippen molar-refractivity contribution in [3.8, 4) is 11.5 Å². The number of rotatable bonds is 7. The Labute approximate surface area is 164 Å². The van der Waals surface area contributed by atoms with Crippen molar-refractivity contribution in [2.75, 3.05) is 40.0 Å². The van der Waals surface area contributed by atoms with Crippen LogP contribution in [-0.2, 0) is 4.74 Å². The fourth-order valence-corrected chi connectivity index (χ4v) is 4.26. The van der Waals surface area contributed by atoms with Crippen molar-refractivity contribution >= 4 is 5.91 Å². The van der Waals surface area contributed by atoms with Crippen LogP contribution in [0.5, 0.6) is 11.5 Å². The first kappa shape index (κ1) is 20.8. The van der Waals surface area contributed by atoms with Crippen LogP contribution in [-0.4, -0.2) is 62.9 Å². The summed E-state index contributed by atoms with van der Waals surface area (Å²) in [4.78, 5) is 15.3. The molecular weight excluding hydrogens is 370 g/mol. The van der Waals surface area contributed by atoms with Crippen LogP contribution in [0.1, 0.15) is 42.5 Å². The molecule has 2 fully saturated rings. The third-order valence-corrected chi connectivity index (χ3v) is 5.69. The number of morpholine rings is 1. The van der Waals surface area contributed by atoms with Gasteiger partial charge >= 0.3 is 6.61 Å². The molecule has 1 aliphatic heterocycles. The number of hydrogen-bond acceptors (Lipinski definition) is 5. The minimum absolute atomic E-state index is 0.0487. The second-order valence-corrected chi connectivity index (χ2v) is 7.28. The van der Waals surface area contributed by atoms with Gasteiger partial charge in [0.2, 0.25) is 0 Å². The molecule has 8 heteroatoms. The Balaban J connectivity index is 1.76. The van der Waals surface area contributed by atoms with Gasteiger partial charge in [0, 0.05) is 25.2 Å². The van der Waals surface area contributed by atoms with Gasteiger partial charge in [0.1, 0.15) is 0 Å². The number of halogens is 2. The summed E-state index contributed by atoms with van der Waals surface area (Å²) in [6.45, 7) is 0.497. The van der Waals surface area contributed by atoms with E-state index in [0.29, 0.717) is 19.8 Å². The summed E-state index contributed by atoms with van der Waals surface area (Å²) in [6.07, 6.45) is 5.44. The van der Waals surface area contributed by atoms with E-state index in [-0.39, 0.29) is 22.6 Å². The van der Waals surface area contributed by atoms with Gasteiger partial charge in [-0.2, -0.15) is 8.78 Å². The number of methoxy groups -OCH3 is 1. The lowest BCUT2D eigenvalue weighted by atomic mass is 9.79. The number of carbonyl (C=O) groups excluding carboxylic acids is 1. The molecule has 0 atom stereocenters. The van der Waals surface area contributed by atoms with Gasteiger partial charge in [-0.3, -0.25) is 9.69 Å². The first-order valence-electron chi connectivity index (χ1n) is 9.78. The van der Waals surface area contributed by atoms with E-state index in [1.807, 2.05) is 0 Å². The molecule has 0 bridgehead atoms. The maximum Gasteiger partial charge on any atom is 0.387 e. The predicted octanol–water partition coefficient (Wildman–Crippen LogP) is 3.06. The zero-order valence-electron chi connectivity index (χ0n) is 16.2. The van der Waals surface area contributed by atoms with Gasteiger partial charge in [0.05, 0.1) is 25.9 Å². The average Bonchev–Trinajstić information content (AvgIpc) is 2.73. The third kappa shape index (κ3) is 4.72. The van der Waals surface area contributed by atoms with E-state index in [4.69, 9.17) is 9.47 Å². The number of para-hydroxylation sites is 1. The van der Waals surface area contributed by atoms with Crippen molar-refractivity contribution in [3.05, 3.63) is 23.8 Å². The van der Waals surface area contributed by atoms with E-state index >= 15 is 0 Å². The molecule has 1 heterocycles. The number of amides is 1. The Kier molecular flexibility index (Phi) is 7.07. The molecule has 1 saturated heterocycles. The first-order valence-corrected chi connectivity index (χ1v) is 9.78. The van der Waals surface area contributed by atoms with Crippen LogP contribution >= 0.6 is 0 Å². The molecule has 1 aromatic rings. The van der Waals surface area contributed by atoms with Crippen molar-refractivity contribution in [2.45, 2.75) is 44.3 Å². The molecule has 2 aliphatic rings. The van der Waals surface area contributed by atoms with Crippen LogP contribution in [0.25, 0.3) is 0 Å². The molecule has 0 radical (unpaired) electrons. The molecule has 1 aliphatic carbocycles. The highest BCUT2D eigenvalue weighted by Gasteiger charge is 2.39. The van der Waals surface area contributed by atoms with Crippen LogP contribution in [0.3, 0.4) is 0 Å². The molecular formula is C20H28F2N2O4. The van der Waals surface area contributed by atoms with Crippen LogP contribution in [0, 0.1) is 0 Å². The van der Waals surface area contributed by atoms with Crippen LogP contribution in [0.2, 0.25) is 0 Å². The summed E-state index contributed by atoms with van der Waals surface area (Å²) in [5.74, 6) is -0.567. The SMILES string of the molecule is COc1cccc(C(=O)NCC2(N3CCOCC3)CCCCC2)c1OC(F)F. The fraction of sp³-hybridized carbons (Fsp3) is 0.650. The maximum absolute atomic E-state index is 12.8. The zero-order chi connectivity index (χ0) is 20.0. The molecule has 6 nitrogen and oxygen atoms in total.